The van der Waals surface area contributed by atoms with Gasteiger partial charge in [-0.15, -0.1) is 0 Å². The molecule has 0 unspecified atom stereocenters. The van der Waals surface area contributed by atoms with E-state index in [1.165, 1.54) is 42.0 Å². The van der Waals surface area contributed by atoms with Crippen molar-refractivity contribution in [3.63, 3.8) is 0 Å². The highest BCUT2D eigenvalue weighted by Gasteiger charge is 2.34. The van der Waals surface area contributed by atoms with Crippen LogP contribution in [0.5, 0.6) is 11.5 Å². The highest BCUT2D eigenvalue weighted by molar-refractivity contribution is 7.99. The number of nitro benzene ring substituents is 1. The first-order valence-corrected chi connectivity index (χ1v) is 15.7. The number of nitrogens with one attached hydrogen (secondary N) is 1. The van der Waals surface area contributed by atoms with Gasteiger partial charge in [0.2, 0.25) is 0 Å². The van der Waals surface area contributed by atoms with Gasteiger partial charge < -0.3 is 19.2 Å². The van der Waals surface area contributed by atoms with Crippen molar-refractivity contribution in [1.82, 2.24) is 14.5 Å². The topological polar surface area (TPSA) is 168 Å². The Morgan fingerprint density at radius 3 is 2.59 bits per heavy atom. The first kappa shape index (κ1) is 32.4. The van der Waals surface area contributed by atoms with Gasteiger partial charge in [-0.3, -0.25) is 24.3 Å². The lowest BCUT2D eigenvalue weighted by molar-refractivity contribution is -0.384. The number of carbonyl (C=O) groups excluding carboxylic acids is 1. The number of thiazole rings is 1. The molecule has 4 aromatic rings. The van der Waals surface area contributed by atoms with E-state index in [2.05, 4.69) is 15.0 Å². The van der Waals surface area contributed by atoms with E-state index in [1.807, 2.05) is 6.92 Å². The second-order valence-corrected chi connectivity index (χ2v) is 12.0. The zero-order valence-corrected chi connectivity index (χ0v) is 27.1. The number of esters is 1. The number of rotatable bonds is 10. The number of hydrogen-bond acceptors (Lipinski definition) is 12. The van der Waals surface area contributed by atoms with Crippen molar-refractivity contribution in [3.05, 3.63) is 111 Å². The second-order valence-electron chi connectivity index (χ2n) is 9.92. The largest absolute Gasteiger partial charge is 0.493 e. The van der Waals surface area contributed by atoms with Crippen molar-refractivity contribution in [3.8, 4) is 11.5 Å². The predicted molar refractivity (Wildman–Crippen MR) is 171 cm³/mol. The molecule has 0 aliphatic carbocycles. The lowest BCUT2D eigenvalue weighted by Crippen LogP contribution is -2.40. The average molecular weight is 664 g/mol. The molecule has 13 nitrogen and oxygen atoms in total. The van der Waals surface area contributed by atoms with Crippen molar-refractivity contribution < 1.29 is 23.9 Å². The molecule has 1 atom stereocenters. The van der Waals surface area contributed by atoms with Gasteiger partial charge in [0.15, 0.2) is 21.5 Å². The SMILES string of the molecule is CCOC(=O)C1=C(C)N=c2s/c(=C/c3cc([N+](=O)[O-])ccc3Sc3nc(C)cc(=O)[nH]3)c(=O)n2[C@H]1c1ccc(OC)c(OCC)c1. The number of allylic oxidation sites excluding steroid dienone is 1. The van der Waals surface area contributed by atoms with E-state index in [9.17, 15) is 24.5 Å². The van der Waals surface area contributed by atoms with E-state index < -0.39 is 22.5 Å². The van der Waals surface area contributed by atoms with E-state index >= 15 is 0 Å². The van der Waals surface area contributed by atoms with E-state index in [0.29, 0.717) is 50.3 Å². The molecule has 2 aromatic carbocycles. The molecular weight excluding hydrogens is 635 g/mol. The van der Waals surface area contributed by atoms with Crippen molar-refractivity contribution in [2.24, 2.45) is 4.99 Å². The fourth-order valence-corrected chi connectivity index (χ4v) is 6.90. The Hall–Kier alpha value is -5.02. The highest BCUT2D eigenvalue weighted by atomic mass is 32.2. The van der Waals surface area contributed by atoms with Crippen LogP contribution in [-0.4, -0.2) is 45.8 Å². The molecule has 5 rings (SSSR count). The zero-order valence-electron chi connectivity index (χ0n) is 25.5. The number of ether oxygens (including phenoxy) is 3. The number of aromatic amines is 1. The summed E-state index contributed by atoms with van der Waals surface area (Å²) in [6.07, 6.45) is 1.53. The number of H-pyrrole nitrogens is 1. The van der Waals surface area contributed by atoms with Gasteiger partial charge in [0, 0.05) is 28.8 Å². The quantitative estimate of drug-likeness (QED) is 0.114. The number of nitro groups is 1. The fourth-order valence-electron chi connectivity index (χ4n) is 4.94. The summed E-state index contributed by atoms with van der Waals surface area (Å²) in [4.78, 5) is 63.1. The molecular formula is C31H29N5O8S2. The molecule has 0 saturated carbocycles. The summed E-state index contributed by atoms with van der Waals surface area (Å²) in [6, 6.07) is 9.81. The smallest absolute Gasteiger partial charge is 0.338 e. The second kappa shape index (κ2) is 13.5. The summed E-state index contributed by atoms with van der Waals surface area (Å²) < 4.78 is 18.2. The van der Waals surface area contributed by atoms with Gasteiger partial charge in [-0.05, 0) is 63.1 Å². The number of nitrogens with zero attached hydrogens (tertiary/aromatic N) is 4. The van der Waals surface area contributed by atoms with Crippen LogP contribution in [0.3, 0.4) is 0 Å². The molecule has 1 aliphatic rings. The van der Waals surface area contributed by atoms with Crippen LogP contribution >= 0.6 is 23.1 Å². The molecule has 1 N–H and O–H groups in total. The summed E-state index contributed by atoms with van der Waals surface area (Å²) in [5, 5.41) is 12.0. The van der Waals surface area contributed by atoms with Gasteiger partial charge in [-0.25, -0.2) is 14.8 Å². The van der Waals surface area contributed by atoms with Crippen LogP contribution in [0.4, 0.5) is 5.69 Å². The molecule has 1 aliphatic heterocycles. The van der Waals surface area contributed by atoms with Crippen molar-refractivity contribution >= 4 is 40.8 Å². The molecule has 0 radical (unpaired) electrons. The summed E-state index contributed by atoms with van der Waals surface area (Å²) in [7, 11) is 1.52. The Morgan fingerprint density at radius 2 is 1.91 bits per heavy atom. The first-order valence-electron chi connectivity index (χ1n) is 14.1. The predicted octanol–water partition coefficient (Wildman–Crippen LogP) is 3.66. The summed E-state index contributed by atoms with van der Waals surface area (Å²) >= 11 is 2.17. The van der Waals surface area contributed by atoms with Crippen LogP contribution in [0.25, 0.3) is 6.08 Å². The third-order valence-electron chi connectivity index (χ3n) is 6.87. The number of aromatic nitrogens is 3. The number of aryl methyl sites for hydroxylation is 1. The molecule has 15 heteroatoms. The first-order chi connectivity index (χ1) is 22.0. The number of hydrogen-bond donors (Lipinski definition) is 1. The summed E-state index contributed by atoms with van der Waals surface area (Å²) in [6.45, 7) is 7.35. The zero-order chi connectivity index (χ0) is 33.1. The minimum absolute atomic E-state index is 0.119. The minimum Gasteiger partial charge on any atom is -0.493 e. The van der Waals surface area contributed by atoms with Gasteiger partial charge in [0.25, 0.3) is 16.8 Å². The normalized spacial score (nSPS) is 14.5. The third kappa shape index (κ3) is 6.50. The molecule has 238 valence electrons. The van der Waals surface area contributed by atoms with Crippen molar-refractivity contribution in [2.75, 3.05) is 20.3 Å². The maximum atomic E-state index is 14.2. The van der Waals surface area contributed by atoms with Gasteiger partial charge in [-0.2, -0.15) is 0 Å². The van der Waals surface area contributed by atoms with Crippen LogP contribution < -0.4 is 29.9 Å². The molecule has 0 saturated heterocycles. The van der Waals surface area contributed by atoms with Gasteiger partial charge >= 0.3 is 5.97 Å². The number of methoxy groups -OCH3 is 1. The summed E-state index contributed by atoms with van der Waals surface area (Å²) in [5.74, 6) is 0.300. The third-order valence-corrected chi connectivity index (χ3v) is 8.83. The number of benzene rings is 2. The Bertz CT molecular complexity index is 2130. The Labute approximate surface area is 270 Å². The molecule has 0 spiro atoms. The minimum atomic E-state index is -0.914. The van der Waals surface area contributed by atoms with Gasteiger partial charge in [0.05, 0.1) is 47.1 Å². The van der Waals surface area contributed by atoms with Crippen LogP contribution in [0.2, 0.25) is 0 Å². The van der Waals surface area contributed by atoms with Gasteiger partial charge in [0.1, 0.15) is 0 Å². The molecule has 0 bridgehead atoms. The molecule has 0 fully saturated rings. The lowest BCUT2D eigenvalue weighted by Gasteiger charge is -2.25. The number of non-ortho nitro benzene ring substituents is 1. The van der Waals surface area contributed by atoms with Crippen LogP contribution in [0.1, 0.15) is 43.6 Å². The van der Waals surface area contributed by atoms with E-state index in [1.54, 1.807) is 39.0 Å². The van der Waals surface area contributed by atoms with Crippen LogP contribution in [-0.2, 0) is 9.53 Å². The van der Waals surface area contributed by atoms with Crippen LogP contribution in [0, 0.1) is 17.0 Å². The molecule has 0 amide bonds. The monoisotopic (exact) mass is 663 g/mol. The van der Waals surface area contributed by atoms with Crippen LogP contribution in [0.15, 0.2) is 78.4 Å². The maximum absolute atomic E-state index is 14.2. The molecule has 46 heavy (non-hydrogen) atoms. The van der Waals surface area contributed by atoms with E-state index in [-0.39, 0.29) is 33.1 Å². The van der Waals surface area contributed by atoms with Crippen molar-refractivity contribution in [1.29, 1.82) is 0 Å². The molecule has 2 aromatic heterocycles. The Balaban J connectivity index is 1.73. The van der Waals surface area contributed by atoms with E-state index in [0.717, 1.165) is 23.1 Å². The molecule has 3 heterocycles. The highest BCUT2D eigenvalue weighted by Crippen LogP contribution is 2.36. The summed E-state index contributed by atoms with van der Waals surface area (Å²) in [5.41, 5.74) is 0.994. The maximum Gasteiger partial charge on any atom is 0.338 e. The average Bonchev–Trinajstić information content (AvgIpc) is 3.30. The number of fused-ring (bicyclic) bond motifs is 1. The Kier molecular flexibility index (Phi) is 9.53. The standard InChI is InChI=1S/C31H29N5O8S2/c1-6-43-22-14-18(8-10-21(22)42-5)27-26(29(39)44-7-2)17(4)33-31-35(27)28(38)24(46-31)15-19-13-20(36(40)41)9-11-23(19)45-30-32-16(3)12-25(37)34-30/h8-15,27H,6-7H2,1-5H3,(H,32,34,37)/b24-15+/t27-/m0/s1. The fraction of sp³-hybridized carbons (Fsp3) is 0.258. The number of carbonyl (C=O) groups is 1. The lowest BCUT2D eigenvalue weighted by atomic mass is 9.95. The Morgan fingerprint density at radius 1 is 1.13 bits per heavy atom. The van der Waals surface area contributed by atoms with E-state index in [4.69, 9.17) is 14.2 Å². The van der Waals surface area contributed by atoms with Gasteiger partial charge in [-0.1, -0.05) is 29.2 Å². The van der Waals surface area contributed by atoms with Crippen molar-refractivity contribution in [2.45, 2.75) is 43.8 Å².